The fraction of sp³-hybridized carbons (Fsp3) is 0.700. The number of aromatic nitrogens is 1. The maximum absolute atomic E-state index is 5.43. The van der Waals surface area contributed by atoms with Crippen molar-refractivity contribution < 1.29 is 4.42 Å². The van der Waals surface area contributed by atoms with Crippen LogP contribution < -0.4 is 11.1 Å². The van der Waals surface area contributed by atoms with E-state index in [4.69, 9.17) is 10.2 Å². The number of piperidine rings is 1. The summed E-state index contributed by atoms with van der Waals surface area (Å²) in [5, 5.41) is 3.44. The van der Waals surface area contributed by atoms with Gasteiger partial charge in [-0.3, -0.25) is 0 Å². The third-order valence-electron chi connectivity index (χ3n) is 2.60. The van der Waals surface area contributed by atoms with Crippen LogP contribution in [0, 0.1) is 0 Å². The molecular weight excluding hydrogens is 178 g/mol. The monoisotopic (exact) mass is 195 g/mol. The molecule has 1 fully saturated rings. The Balaban J connectivity index is 2.00. The number of oxazole rings is 1. The molecule has 0 saturated carbocycles. The quantitative estimate of drug-likeness (QED) is 0.755. The van der Waals surface area contributed by atoms with Gasteiger partial charge in [-0.05, 0) is 19.4 Å². The van der Waals surface area contributed by atoms with Gasteiger partial charge in [-0.25, -0.2) is 4.98 Å². The minimum atomic E-state index is 0.388. The molecule has 0 bridgehead atoms. The standard InChI is InChI=1S/C10H17N3O/c11-5-4-10-13-9(7-14-10)8-3-1-2-6-12-8/h7-8,12H,1-6,11H2. The van der Waals surface area contributed by atoms with Crippen molar-refractivity contribution in [3.05, 3.63) is 17.8 Å². The average Bonchev–Trinajstić information content (AvgIpc) is 2.68. The van der Waals surface area contributed by atoms with Crippen LogP contribution in [0.4, 0.5) is 0 Å². The highest BCUT2D eigenvalue weighted by molar-refractivity contribution is 5.04. The van der Waals surface area contributed by atoms with Crippen LogP contribution in [0.5, 0.6) is 0 Å². The summed E-state index contributed by atoms with van der Waals surface area (Å²) in [5.41, 5.74) is 6.47. The largest absolute Gasteiger partial charge is 0.449 e. The predicted molar refractivity (Wildman–Crippen MR) is 53.9 cm³/mol. The van der Waals surface area contributed by atoms with Crippen LogP contribution in [0.25, 0.3) is 0 Å². The Morgan fingerprint density at radius 3 is 3.21 bits per heavy atom. The van der Waals surface area contributed by atoms with E-state index in [2.05, 4.69) is 10.3 Å². The molecule has 4 nitrogen and oxygen atoms in total. The Hall–Kier alpha value is -0.870. The minimum absolute atomic E-state index is 0.388. The third kappa shape index (κ3) is 2.13. The van der Waals surface area contributed by atoms with Crippen LogP contribution in [0.2, 0.25) is 0 Å². The molecule has 2 rings (SSSR count). The van der Waals surface area contributed by atoms with Crippen molar-refractivity contribution in [2.75, 3.05) is 13.1 Å². The second-order valence-corrected chi connectivity index (χ2v) is 3.71. The topological polar surface area (TPSA) is 64.1 Å². The molecule has 4 heteroatoms. The van der Waals surface area contributed by atoms with Crippen LogP contribution in [-0.2, 0) is 6.42 Å². The zero-order valence-electron chi connectivity index (χ0n) is 8.33. The van der Waals surface area contributed by atoms with Crippen LogP contribution in [-0.4, -0.2) is 18.1 Å². The summed E-state index contributed by atoms with van der Waals surface area (Å²) in [4.78, 5) is 4.41. The lowest BCUT2D eigenvalue weighted by Gasteiger charge is -2.20. The summed E-state index contributed by atoms with van der Waals surface area (Å²) in [7, 11) is 0. The van der Waals surface area contributed by atoms with E-state index in [1.807, 2.05) is 0 Å². The fourth-order valence-corrected chi connectivity index (χ4v) is 1.83. The molecule has 2 heterocycles. The van der Waals surface area contributed by atoms with E-state index in [1.165, 1.54) is 12.8 Å². The summed E-state index contributed by atoms with van der Waals surface area (Å²) >= 11 is 0. The zero-order chi connectivity index (χ0) is 9.80. The predicted octanol–water partition coefficient (Wildman–Crippen LogP) is 0.990. The first-order valence-electron chi connectivity index (χ1n) is 5.28. The first kappa shape index (κ1) is 9.68. The molecule has 1 aromatic rings. The summed E-state index contributed by atoms with van der Waals surface area (Å²) in [6, 6.07) is 0.388. The van der Waals surface area contributed by atoms with Gasteiger partial charge in [0.25, 0.3) is 0 Å². The summed E-state index contributed by atoms with van der Waals surface area (Å²) < 4.78 is 5.33. The van der Waals surface area contributed by atoms with Crippen molar-refractivity contribution in [2.45, 2.75) is 31.7 Å². The molecule has 0 aliphatic carbocycles. The Bertz CT molecular complexity index is 279. The van der Waals surface area contributed by atoms with Gasteiger partial charge >= 0.3 is 0 Å². The zero-order valence-corrected chi connectivity index (χ0v) is 8.33. The Kier molecular flexibility index (Phi) is 3.16. The summed E-state index contributed by atoms with van der Waals surface area (Å²) in [6.45, 7) is 1.68. The summed E-state index contributed by atoms with van der Waals surface area (Å²) in [5.74, 6) is 0.759. The molecule has 1 aliphatic heterocycles. The van der Waals surface area contributed by atoms with Crippen LogP contribution in [0.15, 0.2) is 10.7 Å². The smallest absolute Gasteiger partial charge is 0.195 e. The maximum atomic E-state index is 5.43. The molecule has 14 heavy (non-hydrogen) atoms. The van der Waals surface area contributed by atoms with E-state index in [1.54, 1.807) is 6.26 Å². The van der Waals surface area contributed by atoms with E-state index in [-0.39, 0.29) is 0 Å². The van der Waals surface area contributed by atoms with Gasteiger partial charge < -0.3 is 15.5 Å². The lowest BCUT2D eigenvalue weighted by Crippen LogP contribution is -2.27. The molecule has 0 radical (unpaired) electrons. The molecular formula is C10H17N3O. The van der Waals surface area contributed by atoms with Crippen molar-refractivity contribution in [3.63, 3.8) is 0 Å². The van der Waals surface area contributed by atoms with Crippen LogP contribution >= 0.6 is 0 Å². The van der Waals surface area contributed by atoms with Crippen LogP contribution in [0.3, 0.4) is 0 Å². The summed E-state index contributed by atoms with van der Waals surface area (Å²) in [6.07, 6.45) is 6.19. The van der Waals surface area contributed by atoms with E-state index < -0.39 is 0 Å². The SMILES string of the molecule is NCCc1nc(C2CCCCN2)co1. The Labute approximate surface area is 83.9 Å². The van der Waals surface area contributed by atoms with Gasteiger partial charge in [-0.1, -0.05) is 6.42 Å². The fourth-order valence-electron chi connectivity index (χ4n) is 1.83. The van der Waals surface area contributed by atoms with Gasteiger partial charge in [0, 0.05) is 13.0 Å². The van der Waals surface area contributed by atoms with Gasteiger partial charge in [0.1, 0.15) is 6.26 Å². The molecule has 78 valence electrons. The van der Waals surface area contributed by atoms with Gasteiger partial charge in [-0.15, -0.1) is 0 Å². The number of hydrogen-bond donors (Lipinski definition) is 2. The second-order valence-electron chi connectivity index (χ2n) is 3.71. The number of nitrogens with one attached hydrogen (secondary N) is 1. The normalized spacial score (nSPS) is 22.5. The van der Waals surface area contributed by atoms with Crippen molar-refractivity contribution in [1.82, 2.24) is 10.3 Å². The van der Waals surface area contributed by atoms with Gasteiger partial charge in [0.15, 0.2) is 5.89 Å². The first-order chi connectivity index (χ1) is 6.90. The molecule has 0 spiro atoms. The Morgan fingerprint density at radius 2 is 2.50 bits per heavy atom. The molecule has 1 unspecified atom stereocenters. The molecule has 3 N–H and O–H groups in total. The minimum Gasteiger partial charge on any atom is -0.449 e. The molecule has 1 aromatic heterocycles. The van der Waals surface area contributed by atoms with Gasteiger partial charge in [-0.2, -0.15) is 0 Å². The van der Waals surface area contributed by atoms with E-state index in [0.717, 1.165) is 31.0 Å². The van der Waals surface area contributed by atoms with E-state index in [9.17, 15) is 0 Å². The molecule has 1 saturated heterocycles. The molecule has 1 aliphatic rings. The van der Waals surface area contributed by atoms with Gasteiger partial charge in [0.2, 0.25) is 0 Å². The number of nitrogens with zero attached hydrogens (tertiary/aromatic N) is 1. The highest BCUT2D eigenvalue weighted by Crippen LogP contribution is 2.22. The van der Waals surface area contributed by atoms with Crippen molar-refractivity contribution >= 4 is 0 Å². The van der Waals surface area contributed by atoms with E-state index in [0.29, 0.717) is 12.6 Å². The highest BCUT2D eigenvalue weighted by Gasteiger charge is 2.17. The third-order valence-corrected chi connectivity index (χ3v) is 2.60. The molecule has 0 aromatic carbocycles. The van der Waals surface area contributed by atoms with Crippen molar-refractivity contribution in [1.29, 1.82) is 0 Å². The van der Waals surface area contributed by atoms with E-state index >= 15 is 0 Å². The van der Waals surface area contributed by atoms with Crippen LogP contribution in [0.1, 0.15) is 36.9 Å². The average molecular weight is 195 g/mol. The highest BCUT2D eigenvalue weighted by atomic mass is 16.3. The number of hydrogen-bond acceptors (Lipinski definition) is 4. The lowest BCUT2D eigenvalue weighted by atomic mass is 10.0. The molecule has 1 atom stereocenters. The molecule has 0 amide bonds. The first-order valence-corrected chi connectivity index (χ1v) is 5.28. The van der Waals surface area contributed by atoms with Crippen molar-refractivity contribution in [3.8, 4) is 0 Å². The number of nitrogens with two attached hydrogens (primary N) is 1. The maximum Gasteiger partial charge on any atom is 0.195 e. The Morgan fingerprint density at radius 1 is 1.57 bits per heavy atom. The second kappa shape index (κ2) is 4.57. The van der Waals surface area contributed by atoms with Gasteiger partial charge in [0.05, 0.1) is 11.7 Å². The van der Waals surface area contributed by atoms with Crippen molar-refractivity contribution in [2.24, 2.45) is 5.73 Å². The lowest BCUT2D eigenvalue weighted by molar-refractivity contribution is 0.404. The number of rotatable bonds is 3.